The van der Waals surface area contributed by atoms with E-state index in [1.54, 1.807) is 18.4 Å². The number of thioether (sulfide) groups is 1. The highest BCUT2D eigenvalue weighted by atomic mass is 32.2. The lowest BCUT2D eigenvalue weighted by Gasteiger charge is -2.08. The van der Waals surface area contributed by atoms with Gasteiger partial charge in [0.2, 0.25) is 0 Å². The number of aromatic hydroxyl groups is 1. The van der Waals surface area contributed by atoms with Gasteiger partial charge >= 0.3 is 0 Å². The molecule has 106 valence electrons. The summed E-state index contributed by atoms with van der Waals surface area (Å²) in [7, 11) is 0. The fraction of sp³-hybridized carbons (Fsp3) is 0.267. The molecule has 1 aromatic heterocycles. The largest absolute Gasteiger partial charge is 0.507 e. The van der Waals surface area contributed by atoms with Gasteiger partial charge in [0.05, 0.1) is 0 Å². The summed E-state index contributed by atoms with van der Waals surface area (Å²) < 4.78 is 0. The number of hydrogen-bond acceptors (Lipinski definition) is 5. The second-order valence-corrected chi connectivity index (χ2v) is 5.76. The highest BCUT2D eigenvalue weighted by Gasteiger charge is 2.25. The van der Waals surface area contributed by atoms with Crippen LogP contribution in [0.4, 0.5) is 0 Å². The van der Waals surface area contributed by atoms with Gasteiger partial charge in [0, 0.05) is 5.56 Å². The second kappa shape index (κ2) is 5.26. The average molecular weight is 299 g/mol. The summed E-state index contributed by atoms with van der Waals surface area (Å²) in [6.07, 6.45) is 4.06. The molecule has 0 spiro atoms. The molecule has 21 heavy (non-hydrogen) atoms. The SMILES string of the molecule is CSc1nc(-c2ccc(C3CC3)cc2O)c(C#N)c(=O)[nH]1. The van der Waals surface area contributed by atoms with Gasteiger partial charge in [-0.3, -0.25) is 4.79 Å². The summed E-state index contributed by atoms with van der Waals surface area (Å²) in [5.41, 5.74) is 1.16. The zero-order chi connectivity index (χ0) is 15.0. The number of phenolic OH excluding ortho intramolecular Hbond substituents is 1. The number of nitriles is 1. The van der Waals surface area contributed by atoms with Crippen LogP contribution in [0.2, 0.25) is 0 Å². The first kappa shape index (κ1) is 13.7. The normalized spacial score (nSPS) is 13.9. The van der Waals surface area contributed by atoms with Gasteiger partial charge in [-0.15, -0.1) is 0 Å². The number of hydrogen-bond donors (Lipinski definition) is 2. The molecule has 2 aromatic rings. The Morgan fingerprint density at radius 3 is 2.81 bits per heavy atom. The van der Waals surface area contributed by atoms with E-state index < -0.39 is 5.56 Å². The third kappa shape index (κ3) is 2.52. The van der Waals surface area contributed by atoms with Gasteiger partial charge in [0.25, 0.3) is 5.56 Å². The highest BCUT2D eigenvalue weighted by Crippen LogP contribution is 2.42. The monoisotopic (exact) mass is 299 g/mol. The molecule has 1 aliphatic rings. The van der Waals surface area contributed by atoms with E-state index in [1.807, 2.05) is 12.1 Å². The summed E-state index contributed by atoms with van der Waals surface area (Å²) in [5, 5.41) is 19.8. The van der Waals surface area contributed by atoms with Crippen molar-refractivity contribution < 1.29 is 5.11 Å². The van der Waals surface area contributed by atoms with E-state index in [2.05, 4.69) is 9.97 Å². The molecular formula is C15H13N3O2S. The van der Waals surface area contributed by atoms with Gasteiger partial charge < -0.3 is 10.1 Å². The Kier molecular flexibility index (Phi) is 3.43. The molecule has 3 rings (SSSR count). The van der Waals surface area contributed by atoms with Crippen LogP contribution in [0, 0.1) is 11.3 Å². The van der Waals surface area contributed by atoms with Crippen LogP contribution in [-0.2, 0) is 0 Å². The van der Waals surface area contributed by atoms with Crippen molar-refractivity contribution >= 4 is 11.8 Å². The molecule has 5 nitrogen and oxygen atoms in total. The molecule has 0 aliphatic heterocycles. The Balaban J connectivity index is 2.17. The quantitative estimate of drug-likeness (QED) is 0.671. The van der Waals surface area contributed by atoms with E-state index in [-0.39, 0.29) is 17.0 Å². The first-order valence-corrected chi connectivity index (χ1v) is 7.78. The average Bonchev–Trinajstić information content (AvgIpc) is 3.31. The van der Waals surface area contributed by atoms with Crippen molar-refractivity contribution in [3.8, 4) is 23.1 Å². The van der Waals surface area contributed by atoms with Crippen molar-refractivity contribution in [1.29, 1.82) is 5.26 Å². The van der Waals surface area contributed by atoms with Crippen LogP contribution >= 0.6 is 11.8 Å². The van der Waals surface area contributed by atoms with Crippen LogP contribution in [0.1, 0.15) is 29.9 Å². The van der Waals surface area contributed by atoms with Crippen LogP contribution in [-0.4, -0.2) is 21.3 Å². The molecule has 1 heterocycles. The topological polar surface area (TPSA) is 89.8 Å². The molecule has 0 radical (unpaired) electrons. The molecule has 1 aromatic carbocycles. The van der Waals surface area contributed by atoms with Gasteiger partial charge in [-0.1, -0.05) is 17.8 Å². The van der Waals surface area contributed by atoms with E-state index in [9.17, 15) is 9.90 Å². The maximum absolute atomic E-state index is 11.9. The Morgan fingerprint density at radius 1 is 1.48 bits per heavy atom. The summed E-state index contributed by atoms with van der Waals surface area (Å²) in [6.45, 7) is 0. The maximum atomic E-state index is 11.9. The maximum Gasteiger partial charge on any atom is 0.270 e. The predicted octanol–water partition coefficient (Wildman–Crippen LogP) is 2.61. The molecule has 1 saturated carbocycles. The third-order valence-electron chi connectivity index (χ3n) is 3.53. The molecule has 0 saturated heterocycles. The number of phenols is 1. The van der Waals surface area contributed by atoms with Crippen molar-refractivity contribution in [2.24, 2.45) is 0 Å². The predicted molar refractivity (Wildman–Crippen MR) is 80.4 cm³/mol. The molecule has 6 heteroatoms. The summed E-state index contributed by atoms with van der Waals surface area (Å²) >= 11 is 1.28. The molecular weight excluding hydrogens is 286 g/mol. The standard InChI is InChI=1S/C15H13N3O2S/c1-21-15-17-13(11(7-16)14(20)18-15)10-5-4-9(6-12(10)19)8-2-3-8/h4-6,8,19H,2-3H2,1H3,(H,17,18,20). The zero-order valence-electron chi connectivity index (χ0n) is 11.4. The summed E-state index contributed by atoms with van der Waals surface area (Å²) in [6, 6.07) is 7.23. The third-order valence-corrected chi connectivity index (χ3v) is 4.11. The fourth-order valence-electron chi connectivity index (χ4n) is 2.27. The second-order valence-electron chi connectivity index (χ2n) is 4.96. The van der Waals surface area contributed by atoms with Crippen molar-refractivity contribution in [3.63, 3.8) is 0 Å². The van der Waals surface area contributed by atoms with Crippen molar-refractivity contribution in [2.45, 2.75) is 23.9 Å². The number of benzene rings is 1. The Labute approximate surface area is 125 Å². The Hall–Kier alpha value is -2.26. The lowest BCUT2D eigenvalue weighted by molar-refractivity contribution is 0.476. The minimum atomic E-state index is -0.488. The molecule has 0 bridgehead atoms. The Bertz CT molecular complexity index is 804. The van der Waals surface area contributed by atoms with Gasteiger partial charge in [-0.05, 0) is 42.7 Å². The summed E-state index contributed by atoms with van der Waals surface area (Å²) in [4.78, 5) is 18.7. The van der Waals surface area contributed by atoms with Crippen LogP contribution in [0.5, 0.6) is 5.75 Å². The smallest absolute Gasteiger partial charge is 0.270 e. The first-order valence-electron chi connectivity index (χ1n) is 6.55. The summed E-state index contributed by atoms with van der Waals surface area (Å²) in [5.74, 6) is 0.579. The fourth-order valence-corrected chi connectivity index (χ4v) is 2.64. The van der Waals surface area contributed by atoms with Crippen LogP contribution in [0.15, 0.2) is 28.2 Å². The van der Waals surface area contributed by atoms with E-state index in [0.717, 1.165) is 18.4 Å². The number of rotatable bonds is 3. The molecule has 0 atom stereocenters. The molecule has 2 N–H and O–H groups in total. The van der Waals surface area contributed by atoms with Crippen LogP contribution < -0.4 is 5.56 Å². The van der Waals surface area contributed by atoms with E-state index in [4.69, 9.17) is 5.26 Å². The highest BCUT2D eigenvalue weighted by molar-refractivity contribution is 7.98. The lowest BCUT2D eigenvalue weighted by atomic mass is 10.0. The molecule has 0 amide bonds. The number of nitrogens with zero attached hydrogens (tertiary/aromatic N) is 2. The minimum Gasteiger partial charge on any atom is -0.507 e. The van der Waals surface area contributed by atoms with Gasteiger partial charge in [0.15, 0.2) is 5.16 Å². The lowest BCUT2D eigenvalue weighted by Crippen LogP contribution is -2.14. The van der Waals surface area contributed by atoms with Crippen LogP contribution in [0.3, 0.4) is 0 Å². The van der Waals surface area contributed by atoms with Crippen molar-refractivity contribution in [3.05, 3.63) is 39.7 Å². The van der Waals surface area contributed by atoms with Crippen molar-refractivity contribution in [2.75, 3.05) is 6.26 Å². The van der Waals surface area contributed by atoms with Gasteiger partial charge in [0.1, 0.15) is 23.1 Å². The van der Waals surface area contributed by atoms with Gasteiger partial charge in [-0.25, -0.2) is 4.98 Å². The first-order chi connectivity index (χ1) is 10.1. The molecule has 1 fully saturated rings. The molecule has 0 unspecified atom stereocenters. The minimum absolute atomic E-state index is 0.0565. The van der Waals surface area contributed by atoms with E-state index in [1.165, 1.54) is 11.8 Å². The van der Waals surface area contributed by atoms with Gasteiger partial charge in [-0.2, -0.15) is 5.26 Å². The van der Waals surface area contributed by atoms with Crippen LogP contribution in [0.25, 0.3) is 11.3 Å². The van der Waals surface area contributed by atoms with E-state index >= 15 is 0 Å². The molecule has 1 aliphatic carbocycles. The number of H-pyrrole nitrogens is 1. The number of aromatic nitrogens is 2. The van der Waals surface area contributed by atoms with Crippen molar-refractivity contribution in [1.82, 2.24) is 9.97 Å². The Morgan fingerprint density at radius 2 is 2.24 bits per heavy atom. The number of nitrogens with one attached hydrogen (secondary N) is 1. The zero-order valence-corrected chi connectivity index (χ0v) is 12.2. The number of aromatic amines is 1. The van der Waals surface area contributed by atoms with E-state index in [0.29, 0.717) is 16.6 Å².